The minimum absolute atomic E-state index is 0.189. The normalized spacial score (nSPS) is 11.6. The van der Waals surface area contributed by atoms with E-state index < -0.39 is 18.7 Å². The van der Waals surface area contributed by atoms with E-state index in [0.717, 1.165) is 0 Å². The van der Waals surface area contributed by atoms with Gasteiger partial charge < -0.3 is 4.57 Å². The van der Waals surface area contributed by atoms with E-state index in [1.165, 1.54) is 10.6 Å². The lowest BCUT2D eigenvalue weighted by Gasteiger charge is -2.08. The third-order valence-corrected chi connectivity index (χ3v) is 2.04. The third kappa shape index (κ3) is 3.86. The number of hydroxylamine groups is 1. The van der Waals surface area contributed by atoms with Crippen molar-refractivity contribution in [1.29, 1.82) is 0 Å². The van der Waals surface area contributed by atoms with Gasteiger partial charge in [0.05, 0.1) is 0 Å². The van der Waals surface area contributed by atoms with E-state index in [1.807, 2.05) is 0 Å². The zero-order valence-corrected chi connectivity index (χ0v) is 9.72. The van der Waals surface area contributed by atoms with Gasteiger partial charge in [0, 0.05) is 17.7 Å². The Balaban J connectivity index is 2.51. The van der Waals surface area contributed by atoms with Crippen molar-refractivity contribution in [2.45, 2.75) is 6.18 Å². The van der Waals surface area contributed by atoms with Gasteiger partial charge in [-0.1, -0.05) is 0 Å². The van der Waals surface area contributed by atoms with Crippen molar-refractivity contribution in [3.8, 4) is 0 Å². The first-order chi connectivity index (χ1) is 7.29. The zero-order chi connectivity index (χ0) is 12.3. The summed E-state index contributed by atoms with van der Waals surface area (Å²) in [5.74, 6) is -0.738. The van der Waals surface area contributed by atoms with E-state index in [9.17, 15) is 18.0 Å². The van der Waals surface area contributed by atoms with Gasteiger partial charge in [-0.05, 0) is 22.0 Å². The second-order valence-corrected chi connectivity index (χ2v) is 3.91. The molecule has 0 aliphatic carbocycles. The number of alkyl halides is 3. The lowest BCUT2D eigenvalue weighted by molar-refractivity contribution is -0.184. The van der Waals surface area contributed by atoms with E-state index in [2.05, 4.69) is 20.8 Å². The molecule has 4 nitrogen and oxygen atoms in total. The molecule has 0 unspecified atom stereocenters. The number of carbonyl (C=O) groups excluding carboxylic acids is 1. The Labute approximate surface area is 97.5 Å². The number of aryl methyl sites for hydroxylation is 1. The maximum Gasteiger partial charge on any atom is 0.414 e. The molecule has 1 amide bonds. The maximum absolute atomic E-state index is 11.7. The van der Waals surface area contributed by atoms with Crippen molar-refractivity contribution in [2.24, 2.45) is 7.05 Å². The van der Waals surface area contributed by atoms with Crippen LogP contribution in [0.15, 0.2) is 16.7 Å². The van der Waals surface area contributed by atoms with Gasteiger partial charge in [-0.2, -0.15) is 13.2 Å². The number of hydrogen-bond donors (Lipinski definition) is 1. The number of halogens is 4. The van der Waals surface area contributed by atoms with E-state index in [1.54, 1.807) is 18.7 Å². The Morgan fingerprint density at radius 2 is 2.25 bits per heavy atom. The minimum Gasteiger partial charge on any atom is -0.345 e. The Morgan fingerprint density at radius 1 is 1.62 bits per heavy atom. The molecule has 1 aromatic heterocycles. The molecular weight excluding hydrogens is 293 g/mol. The fourth-order valence-corrected chi connectivity index (χ4v) is 1.51. The maximum atomic E-state index is 11.7. The van der Waals surface area contributed by atoms with Crippen LogP contribution in [-0.2, 0) is 11.9 Å². The average molecular weight is 301 g/mol. The molecule has 1 rings (SSSR count). The lowest BCUT2D eigenvalue weighted by atomic mass is 10.4. The smallest absolute Gasteiger partial charge is 0.345 e. The minimum atomic E-state index is -4.47. The third-order valence-electron chi connectivity index (χ3n) is 1.60. The number of nitrogens with zero attached hydrogens (tertiary/aromatic N) is 1. The highest BCUT2D eigenvalue weighted by Gasteiger charge is 2.28. The van der Waals surface area contributed by atoms with E-state index in [-0.39, 0.29) is 5.69 Å². The van der Waals surface area contributed by atoms with Gasteiger partial charge in [0.15, 0.2) is 6.61 Å². The molecule has 0 radical (unpaired) electrons. The molecule has 16 heavy (non-hydrogen) atoms. The molecule has 0 bridgehead atoms. The van der Waals surface area contributed by atoms with Crippen LogP contribution < -0.4 is 5.48 Å². The van der Waals surface area contributed by atoms with Crippen molar-refractivity contribution in [2.75, 3.05) is 6.61 Å². The number of amides is 1. The first kappa shape index (κ1) is 13.0. The summed E-state index contributed by atoms with van der Waals surface area (Å²) in [5.41, 5.74) is 1.90. The fraction of sp³-hybridized carbons (Fsp3) is 0.375. The van der Waals surface area contributed by atoms with Crippen molar-refractivity contribution in [3.63, 3.8) is 0 Å². The summed E-state index contributed by atoms with van der Waals surface area (Å²) in [4.78, 5) is 15.3. The summed E-state index contributed by atoms with van der Waals surface area (Å²) in [7, 11) is 1.59. The predicted octanol–water partition coefficient (Wildman–Crippen LogP) is 2.01. The SMILES string of the molecule is Cn1cc(Br)cc1C(=O)NOCC(F)(F)F. The van der Waals surface area contributed by atoms with E-state index >= 15 is 0 Å². The summed E-state index contributed by atoms with van der Waals surface area (Å²) in [6, 6.07) is 1.46. The molecule has 90 valence electrons. The summed E-state index contributed by atoms with van der Waals surface area (Å²) >= 11 is 3.13. The fourth-order valence-electron chi connectivity index (χ4n) is 0.986. The van der Waals surface area contributed by atoms with Crippen LogP contribution in [0.5, 0.6) is 0 Å². The van der Waals surface area contributed by atoms with Crippen LogP contribution in [0.2, 0.25) is 0 Å². The molecule has 0 aliphatic rings. The second-order valence-electron chi connectivity index (χ2n) is 2.99. The first-order valence-electron chi connectivity index (χ1n) is 4.10. The zero-order valence-electron chi connectivity index (χ0n) is 8.14. The van der Waals surface area contributed by atoms with Gasteiger partial charge in [-0.25, -0.2) is 5.48 Å². The molecule has 0 saturated carbocycles. The van der Waals surface area contributed by atoms with Crippen LogP contribution in [0.25, 0.3) is 0 Å². The number of rotatable bonds is 3. The number of hydrogen-bond acceptors (Lipinski definition) is 2. The van der Waals surface area contributed by atoms with Crippen LogP contribution in [0.1, 0.15) is 10.5 Å². The van der Waals surface area contributed by atoms with Gasteiger partial charge in [-0.15, -0.1) is 0 Å². The lowest BCUT2D eigenvalue weighted by Crippen LogP contribution is -2.30. The molecule has 1 aromatic rings. The summed E-state index contributed by atoms with van der Waals surface area (Å²) in [6.45, 7) is -1.52. The van der Waals surface area contributed by atoms with E-state index in [4.69, 9.17) is 0 Å². The first-order valence-corrected chi connectivity index (χ1v) is 4.89. The molecule has 8 heteroatoms. The Morgan fingerprint density at radius 3 is 2.69 bits per heavy atom. The number of aromatic nitrogens is 1. The summed E-state index contributed by atoms with van der Waals surface area (Å²) in [6.07, 6.45) is -2.87. The molecule has 0 atom stereocenters. The van der Waals surface area contributed by atoms with Gasteiger partial charge in [-0.3, -0.25) is 9.63 Å². The van der Waals surface area contributed by atoms with Crippen LogP contribution >= 0.6 is 15.9 Å². The standard InChI is InChI=1S/C8H8BrF3N2O2/c1-14-3-5(9)2-6(14)7(15)13-16-4-8(10,11)12/h2-3H,4H2,1H3,(H,13,15). The highest BCUT2D eigenvalue weighted by molar-refractivity contribution is 9.10. The Hall–Kier alpha value is -1.02. The molecule has 0 fully saturated rings. The molecule has 1 N–H and O–H groups in total. The molecule has 1 heterocycles. The van der Waals surface area contributed by atoms with Crippen molar-refractivity contribution < 1.29 is 22.8 Å². The topological polar surface area (TPSA) is 43.3 Å². The highest BCUT2D eigenvalue weighted by atomic mass is 79.9. The Kier molecular flexibility index (Phi) is 3.98. The molecular formula is C8H8BrF3N2O2. The number of nitrogens with one attached hydrogen (secondary N) is 1. The Bertz CT molecular complexity index is 389. The monoisotopic (exact) mass is 300 g/mol. The van der Waals surface area contributed by atoms with Crippen molar-refractivity contribution in [3.05, 3.63) is 22.4 Å². The quantitative estimate of drug-likeness (QED) is 0.868. The van der Waals surface area contributed by atoms with Gasteiger partial charge in [0.1, 0.15) is 5.69 Å². The molecule has 0 spiro atoms. The van der Waals surface area contributed by atoms with Crippen LogP contribution in [0, 0.1) is 0 Å². The summed E-state index contributed by atoms with van der Waals surface area (Å²) in [5, 5.41) is 0. The van der Waals surface area contributed by atoms with Crippen LogP contribution in [-0.4, -0.2) is 23.3 Å². The van der Waals surface area contributed by atoms with Gasteiger partial charge >= 0.3 is 6.18 Å². The van der Waals surface area contributed by atoms with Crippen LogP contribution in [0.3, 0.4) is 0 Å². The molecule has 0 aromatic carbocycles. The highest BCUT2D eigenvalue weighted by Crippen LogP contribution is 2.15. The summed E-state index contributed by atoms with van der Waals surface area (Å²) < 4.78 is 37.2. The molecule has 0 aliphatic heterocycles. The largest absolute Gasteiger partial charge is 0.414 e. The predicted molar refractivity (Wildman–Crippen MR) is 52.6 cm³/mol. The second kappa shape index (κ2) is 4.88. The van der Waals surface area contributed by atoms with Crippen molar-refractivity contribution >= 4 is 21.8 Å². The van der Waals surface area contributed by atoms with Crippen LogP contribution in [0.4, 0.5) is 13.2 Å². The average Bonchev–Trinajstić information content (AvgIpc) is 2.43. The van der Waals surface area contributed by atoms with E-state index in [0.29, 0.717) is 4.47 Å². The van der Waals surface area contributed by atoms with Gasteiger partial charge in [0.25, 0.3) is 5.91 Å². The molecule has 0 saturated heterocycles. The van der Waals surface area contributed by atoms with Crippen molar-refractivity contribution in [1.82, 2.24) is 10.0 Å². The number of carbonyl (C=O) groups is 1. The van der Waals surface area contributed by atoms with Gasteiger partial charge in [0.2, 0.25) is 0 Å².